The molecule has 20 heavy (non-hydrogen) atoms. The number of rotatable bonds is 6. The predicted octanol–water partition coefficient (Wildman–Crippen LogP) is 1.65. The molecule has 0 spiro atoms. The van der Waals surface area contributed by atoms with Crippen molar-refractivity contribution in [3.05, 3.63) is 65.7 Å². The van der Waals surface area contributed by atoms with Crippen molar-refractivity contribution in [3.63, 3.8) is 0 Å². The predicted molar refractivity (Wildman–Crippen MR) is 75.3 cm³/mol. The number of hydrogen-bond acceptors (Lipinski definition) is 4. The summed E-state index contributed by atoms with van der Waals surface area (Å²) in [4.78, 5) is 0. The van der Waals surface area contributed by atoms with E-state index in [-0.39, 0.29) is 0 Å². The molecule has 106 valence electrons. The van der Waals surface area contributed by atoms with Crippen LogP contribution in [-0.4, -0.2) is 28.0 Å². The second-order valence-electron chi connectivity index (χ2n) is 4.51. The molecule has 0 bridgehead atoms. The summed E-state index contributed by atoms with van der Waals surface area (Å²) < 4.78 is 5.69. The molecule has 0 aliphatic heterocycles. The van der Waals surface area contributed by atoms with Gasteiger partial charge in [0.2, 0.25) is 0 Å². The molecule has 0 amide bonds. The molecule has 3 N–H and O–H groups in total. The Morgan fingerprint density at radius 3 is 2.25 bits per heavy atom. The summed E-state index contributed by atoms with van der Waals surface area (Å²) in [7, 11) is 0. The third-order valence-electron chi connectivity index (χ3n) is 3.03. The highest BCUT2D eigenvalue weighted by atomic mass is 16.5. The molecular formula is C16H18O4. The first-order valence-electron chi connectivity index (χ1n) is 6.45. The molecule has 2 unspecified atom stereocenters. The molecule has 0 saturated heterocycles. The van der Waals surface area contributed by atoms with Crippen molar-refractivity contribution in [3.8, 4) is 5.75 Å². The van der Waals surface area contributed by atoms with Crippen LogP contribution < -0.4 is 4.74 Å². The number of ether oxygens (including phenoxy) is 1. The van der Waals surface area contributed by atoms with Gasteiger partial charge in [0.25, 0.3) is 0 Å². The van der Waals surface area contributed by atoms with Crippen LogP contribution in [-0.2, 0) is 6.61 Å². The Balaban J connectivity index is 2.12. The Bertz CT molecular complexity index is 527. The van der Waals surface area contributed by atoms with Gasteiger partial charge in [-0.2, -0.15) is 0 Å². The highest BCUT2D eigenvalue weighted by Gasteiger charge is 2.20. The molecule has 0 aliphatic rings. The molecule has 0 saturated carbocycles. The van der Waals surface area contributed by atoms with Crippen LogP contribution in [0.2, 0.25) is 0 Å². The first kappa shape index (κ1) is 14.5. The lowest BCUT2D eigenvalue weighted by Gasteiger charge is -2.19. The van der Waals surface area contributed by atoms with Gasteiger partial charge in [0.1, 0.15) is 24.6 Å². The van der Waals surface area contributed by atoms with Gasteiger partial charge in [-0.1, -0.05) is 48.5 Å². The van der Waals surface area contributed by atoms with Crippen LogP contribution >= 0.6 is 0 Å². The number of benzene rings is 2. The summed E-state index contributed by atoms with van der Waals surface area (Å²) in [6.45, 7) is -0.131. The van der Waals surface area contributed by atoms with Gasteiger partial charge in [0.15, 0.2) is 0 Å². The van der Waals surface area contributed by atoms with E-state index in [1.54, 1.807) is 24.3 Å². The Hall–Kier alpha value is -1.88. The van der Waals surface area contributed by atoms with Gasteiger partial charge in [-0.05, 0) is 11.6 Å². The molecule has 0 fully saturated rings. The Morgan fingerprint density at radius 2 is 1.55 bits per heavy atom. The van der Waals surface area contributed by atoms with Crippen LogP contribution in [0.4, 0.5) is 0 Å². The van der Waals surface area contributed by atoms with Gasteiger partial charge in [-0.3, -0.25) is 0 Å². The van der Waals surface area contributed by atoms with E-state index in [4.69, 9.17) is 9.84 Å². The summed E-state index contributed by atoms with van der Waals surface area (Å²) in [5, 5.41) is 28.4. The standard InChI is InChI=1S/C16H18O4/c17-10-14(18)16(19)13-8-4-5-9-15(13)20-11-12-6-2-1-3-7-12/h1-9,14,16-19H,10-11H2. The highest BCUT2D eigenvalue weighted by molar-refractivity contribution is 5.36. The summed E-state index contributed by atoms with van der Waals surface area (Å²) in [6.07, 6.45) is -2.40. The average Bonchev–Trinajstić information content (AvgIpc) is 2.52. The largest absolute Gasteiger partial charge is 0.489 e. The van der Waals surface area contributed by atoms with E-state index in [2.05, 4.69) is 0 Å². The molecule has 2 atom stereocenters. The molecule has 0 aliphatic carbocycles. The molecule has 0 aromatic heterocycles. The van der Waals surface area contributed by atoms with Crippen LogP contribution in [0.1, 0.15) is 17.2 Å². The summed E-state index contributed by atoms with van der Waals surface area (Å²) in [5.74, 6) is 0.497. The van der Waals surface area contributed by atoms with Crippen molar-refractivity contribution in [1.82, 2.24) is 0 Å². The van der Waals surface area contributed by atoms with Crippen molar-refractivity contribution < 1.29 is 20.1 Å². The van der Waals surface area contributed by atoms with Crippen LogP contribution in [0, 0.1) is 0 Å². The van der Waals surface area contributed by atoms with Crippen LogP contribution in [0.15, 0.2) is 54.6 Å². The summed E-state index contributed by atoms with van der Waals surface area (Å²) in [5.41, 5.74) is 1.48. The maximum Gasteiger partial charge on any atom is 0.125 e. The minimum Gasteiger partial charge on any atom is -0.489 e. The summed E-state index contributed by atoms with van der Waals surface area (Å²) in [6, 6.07) is 16.6. The topological polar surface area (TPSA) is 69.9 Å². The molecule has 2 rings (SSSR count). The molecular weight excluding hydrogens is 256 g/mol. The zero-order chi connectivity index (χ0) is 14.4. The monoisotopic (exact) mass is 274 g/mol. The summed E-state index contributed by atoms with van der Waals surface area (Å²) >= 11 is 0. The first-order chi connectivity index (χ1) is 9.72. The van der Waals surface area contributed by atoms with E-state index in [1.807, 2.05) is 30.3 Å². The van der Waals surface area contributed by atoms with E-state index in [0.29, 0.717) is 17.9 Å². The minimum absolute atomic E-state index is 0.375. The van der Waals surface area contributed by atoms with Gasteiger partial charge in [-0.25, -0.2) is 0 Å². The third-order valence-corrected chi connectivity index (χ3v) is 3.03. The van der Waals surface area contributed by atoms with Crippen molar-refractivity contribution >= 4 is 0 Å². The number of aliphatic hydroxyl groups is 3. The van der Waals surface area contributed by atoms with Gasteiger partial charge in [0.05, 0.1) is 6.61 Å². The zero-order valence-electron chi connectivity index (χ0n) is 11.0. The molecule has 0 radical (unpaired) electrons. The van der Waals surface area contributed by atoms with Crippen LogP contribution in [0.5, 0.6) is 5.75 Å². The Kier molecular flexibility index (Phi) is 5.12. The number of para-hydroxylation sites is 1. The smallest absolute Gasteiger partial charge is 0.125 e. The van der Waals surface area contributed by atoms with Gasteiger partial charge in [-0.15, -0.1) is 0 Å². The minimum atomic E-state index is -1.23. The van der Waals surface area contributed by atoms with E-state index >= 15 is 0 Å². The van der Waals surface area contributed by atoms with E-state index in [9.17, 15) is 10.2 Å². The van der Waals surface area contributed by atoms with Crippen LogP contribution in [0.3, 0.4) is 0 Å². The fraction of sp³-hybridized carbons (Fsp3) is 0.250. The van der Waals surface area contributed by atoms with Gasteiger partial charge < -0.3 is 20.1 Å². The SMILES string of the molecule is OCC(O)C(O)c1ccccc1OCc1ccccc1. The fourth-order valence-corrected chi connectivity index (χ4v) is 1.90. The fourth-order valence-electron chi connectivity index (χ4n) is 1.90. The van der Waals surface area contributed by atoms with E-state index in [1.165, 1.54) is 0 Å². The number of hydrogen-bond donors (Lipinski definition) is 3. The highest BCUT2D eigenvalue weighted by Crippen LogP contribution is 2.27. The van der Waals surface area contributed by atoms with E-state index in [0.717, 1.165) is 5.56 Å². The van der Waals surface area contributed by atoms with E-state index < -0.39 is 18.8 Å². The van der Waals surface area contributed by atoms with Crippen molar-refractivity contribution in [2.24, 2.45) is 0 Å². The second kappa shape index (κ2) is 7.05. The number of aliphatic hydroxyl groups excluding tert-OH is 3. The average molecular weight is 274 g/mol. The molecule has 2 aromatic rings. The quantitative estimate of drug-likeness (QED) is 0.749. The lowest BCUT2D eigenvalue weighted by Crippen LogP contribution is -2.22. The lowest BCUT2D eigenvalue weighted by molar-refractivity contribution is -0.0165. The lowest BCUT2D eigenvalue weighted by atomic mass is 10.0. The van der Waals surface area contributed by atoms with Gasteiger partial charge >= 0.3 is 0 Å². The van der Waals surface area contributed by atoms with Crippen molar-refractivity contribution in [2.75, 3.05) is 6.61 Å². The molecule has 4 nitrogen and oxygen atoms in total. The first-order valence-corrected chi connectivity index (χ1v) is 6.45. The van der Waals surface area contributed by atoms with Crippen LogP contribution in [0.25, 0.3) is 0 Å². The molecule has 4 heteroatoms. The second-order valence-corrected chi connectivity index (χ2v) is 4.51. The Morgan fingerprint density at radius 1 is 0.900 bits per heavy atom. The Labute approximate surface area is 117 Å². The van der Waals surface area contributed by atoms with Crippen molar-refractivity contribution in [1.29, 1.82) is 0 Å². The van der Waals surface area contributed by atoms with Gasteiger partial charge in [0, 0.05) is 5.56 Å². The molecule has 2 aromatic carbocycles. The van der Waals surface area contributed by atoms with Crippen molar-refractivity contribution in [2.45, 2.75) is 18.8 Å². The third kappa shape index (κ3) is 3.57. The normalized spacial score (nSPS) is 13.8. The maximum absolute atomic E-state index is 9.98. The maximum atomic E-state index is 9.98. The molecule has 0 heterocycles. The zero-order valence-corrected chi connectivity index (χ0v) is 11.0.